The zero-order valence-electron chi connectivity index (χ0n) is 13.8. The van der Waals surface area contributed by atoms with E-state index in [1.54, 1.807) is 17.0 Å². The smallest absolute Gasteiger partial charge is 0.308 e. The van der Waals surface area contributed by atoms with Crippen molar-refractivity contribution in [2.24, 2.45) is 5.92 Å². The summed E-state index contributed by atoms with van der Waals surface area (Å²) in [5, 5.41) is 9.13. The van der Waals surface area contributed by atoms with Crippen LogP contribution in [0, 0.1) is 5.92 Å². The van der Waals surface area contributed by atoms with Crippen LogP contribution < -0.4 is 4.74 Å². The number of aromatic nitrogens is 1. The molecule has 25 heavy (non-hydrogen) atoms. The lowest BCUT2D eigenvalue weighted by Crippen LogP contribution is -2.42. The van der Waals surface area contributed by atoms with Crippen molar-refractivity contribution in [2.45, 2.75) is 19.4 Å². The molecule has 1 saturated heterocycles. The van der Waals surface area contributed by atoms with E-state index in [0.717, 1.165) is 5.56 Å². The Labute approximate surface area is 146 Å². The molecular formula is C19H20N2O4. The molecule has 6 nitrogen and oxygen atoms in total. The molecule has 1 amide bonds. The van der Waals surface area contributed by atoms with Crippen molar-refractivity contribution in [1.82, 2.24) is 9.88 Å². The van der Waals surface area contributed by atoms with E-state index < -0.39 is 11.9 Å². The lowest BCUT2D eigenvalue weighted by molar-refractivity contribution is -0.143. The summed E-state index contributed by atoms with van der Waals surface area (Å²) < 4.78 is 5.61. The quantitative estimate of drug-likeness (QED) is 0.905. The second-order valence-corrected chi connectivity index (χ2v) is 6.09. The molecule has 0 radical (unpaired) electrons. The molecule has 2 heterocycles. The third-order valence-corrected chi connectivity index (χ3v) is 4.27. The van der Waals surface area contributed by atoms with E-state index in [9.17, 15) is 9.59 Å². The Morgan fingerprint density at radius 3 is 2.68 bits per heavy atom. The maximum absolute atomic E-state index is 12.5. The molecule has 0 spiro atoms. The largest absolute Gasteiger partial charge is 0.481 e. The summed E-state index contributed by atoms with van der Waals surface area (Å²) in [6, 6.07) is 13.1. The van der Waals surface area contributed by atoms with Crippen molar-refractivity contribution in [1.29, 1.82) is 0 Å². The average Bonchev–Trinajstić information content (AvgIpc) is 2.67. The summed E-state index contributed by atoms with van der Waals surface area (Å²) in [6.07, 6.45) is 2.80. The predicted octanol–water partition coefficient (Wildman–Crippen LogP) is 2.60. The summed E-state index contributed by atoms with van der Waals surface area (Å²) in [4.78, 5) is 29.4. The number of likely N-dealkylation sites (tertiary alicyclic amines) is 1. The second kappa shape index (κ2) is 7.79. The fourth-order valence-corrected chi connectivity index (χ4v) is 2.87. The minimum absolute atomic E-state index is 0.187. The van der Waals surface area contributed by atoms with Crippen LogP contribution in [0.1, 0.15) is 28.8 Å². The highest BCUT2D eigenvalue weighted by Gasteiger charge is 2.28. The molecule has 0 aliphatic carbocycles. The van der Waals surface area contributed by atoms with Crippen LogP contribution in [-0.4, -0.2) is 40.0 Å². The van der Waals surface area contributed by atoms with Crippen molar-refractivity contribution >= 4 is 11.9 Å². The zero-order chi connectivity index (χ0) is 17.6. The number of carbonyl (C=O) groups is 2. The number of carbonyl (C=O) groups excluding carboxylic acids is 1. The van der Waals surface area contributed by atoms with E-state index in [4.69, 9.17) is 9.84 Å². The SMILES string of the molecule is O=C(O)[C@H]1CCCN(C(=O)c2ccc(OCc3ccccc3)nc2)C1. The minimum Gasteiger partial charge on any atom is -0.481 e. The molecule has 1 aliphatic rings. The van der Waals surface area contributed by atoms with Gasteiger partial charge in [-0.25, -0.2) is 4.98 Å². The lowest BCUT2D eigenvalue weighted by atomic mass is 9.98. The minimum atomic E-state index is -0.847. The first-order chi connectivity index (χ1) is 12.1. The highest BCUT2D eigenvalue weighted by Crippen LogP contribution is 2.19. The Morgan fingerprint density at radius 1 is 1.20 bits per heavy atom. The van der Waals surface area contributed by atoms with Crippen molar-refractivity contribution in [3.63, 3.8) is 0 Å². The zero-order valence-corrected chi connectivity index (χ0v) is 13.8. The molecule has 1 aromatic carbocycles. The number of amides is 1. The third kappa shape index (κ3) is 4.35. The molecule has 0 unspecified atom stereocenters. The molecule has 1 fully saturated rings. The first kappa shape index (κ1) is 17.0. The van der Waals surface area contributed by atoms with Gasteiger partial charge in [-0.05, 0) is 24.5 Å². The number of hydrogen-bond acceptors (Lipinski definition) is 4. The highest BCUT2D eigenvalue weighted by atomic mass is 16.5. The van der Waals surface area contributed by atoms with Gasteiger partial charge in [-0.2, -0.15) is 0 Å². The van der Waals surface area contributed by atoms with Gasteiger partial charge in [-0.15, -0.1) is 0 Å². The Kier molecular flexibility index (Phi) is 5.28. The second-order valence-electron chi connectivity index (χ2n) is 6.09. The van der Waals surface area contributed by atoms with E-state index in [0.29, 0.717) is 37.4 Å². The standard InChI is InChI=1S/C19H20N2O4/c22-18(21-10-4-7-16(12-21)19(23)24)15-8-9-17(20-11-15)25-13-14-5-2-1-3-6-14/h1-3,5-6,8-9,11,16H,4,7,10,12-13H2,(H,23,24)/t16-/m0/s1. The maximum Gasteiger partial charge on any atom is 0.308 e. The van der Waals surface area contributed by atoms with Crippen LogP contribution in [0.3, 0.4) is 0 Å². The van der Waals surface area contributed by atoms with E-state index >= 15 is 0 Å². The fraction of sp³-hybridized carbons (Fsp3) is 0.316. The average molecular weight is 340 g/mol. The van der Waals surface area contributed by atoms with E-state index in [1.807, 2.05) is 30.3 Å². The number of nitrogens with zero attached hydrogens (tertiary/aromatic N) is 2. The summed E-state index contributed by atoms with van der Waals surface area (Å²) >= 11 is 0. The van der Waals surface area contributed by atoms with Crippen LogP contribution in [0.4, 0.5) is 0 Å². The molecule has 1 N–H and O–H groups in total. The van der Waals surface area contributed by atoms with Gasteiger partial charge in [0.15, 0.2) is 0 Å². The monoisotopic (exact) mass is 340 g/mol. The van der Waals surface area contributed by atoms with Crippen LogP contribution in [0.5, 0.6) is 5.88 Å². The van der Waals surface area contributed by atoms with E-state index in [-0.39, 0.29) is 12.5 Å². The van der Waals surface area contributed by atoms with Crippen LogP contribution in [0.2, 0.25) is 0 Å². The maximum atomic E-state index is 12.5. The van der Waals surface area contributed by atoms with Crippen molar-refractivity contribution in [3.05, 3.63) is 59.8 Å². The molecule has 1 aliphatic heterocycles. The van der Waals surface area contributed by atoms with Gasteiger partial charge >= 0.3 is 5.97 Å². The first-order valence-electron chi connectivity index (χ1n) is 8.28. The van der Waals surface area contributed by atoms with Crippen LogP contribution in [-0.2, 0) is 11.4 Å². The summed E-state index contributed by atoms with van der Waals surface area (Å²) in [5.74, 6) is -1.07. The van der Waals surface area contributed by atoms with E-state index in [2.05, 4.69) is 4.98 Å². The Hall–Kier alpha value is -2.89. The number of carboxylic acids is 1. The Balaban J connectivity index is 1.59. The number of carboxylic acid groups (broad SMARTS) is 1. The number of hydrogen-bond donors (Lipinski definition) is 1. The van der Waals surface area contributed by atoms with Gasteiger partial charge in [0.05, 0.1) is 11.5 Å². The number of benzene rings is 1. The number of rotatable bonds is 5. The first-order valence-corrected chi connectivity index (χ1v) is 8.28. The summed E-state index contributed by atoms with van der Waals surface area (Å²) in [7, 11) is 0. The highest BCUT2D eigenvalue weighted by molar-refractivity contribution is 5.94. The predicted molar refractivity (Wildman–Crippen MR) is 91.3 cm³/mol. The van der Waals surface area contributed by atoms with Gasteiger partial charge in [0.1, 0.15) is 6.61 Å². The topological polar surface area (TPSA) is 79.7 Å². The lowest BCUT2D eigenvalue weighted by Gasteiger charge is -2.30. The van der Waals surface area contributed by atoms with Crippen molar-refractivity contribution < 1.29 is 19.4 Å². The van der Waals surface area contributed by atoms with Gasteiger partial charge in [-0.3, -0.25) is 9.59 Å². The van der Waals surface area contributed by atoms with Crippen LogP contribution in [0.25, 0.3) is 0 Å². The number of piperidine rings is 1. The molecule has 6 heteroatoms. The van der Waals surface area contributed by atoms with Crippen molar-refractivity contribution in [2.75, 3.05) is 13.1 Å². The van der Waals surface area contributed by atoms with Gasteiger partial charge in [0.25, 0.3) is 5.91 Å². The number of ether oxygens (including phenoxy) is 1. The normalized spacial score (nSPS) is 17.1. The molecule has 0 saturated carbocycles. The van der Waals surface area contributed by atoms with Gasteiger partial charge < -0.3 is 14.7 Å². The Morgan fingerprint density at radius 2 is 2.00 bits per heavy atom. The van der Waals surface area contributed by atoms with Crippen LogP contribution in [0.15, 0.2) is 48.7 Å². The third-order valence-electron chi connectivity index (χ3n) is 4.27. The van der Waals surface area contributed by atoms with Gasteiger partial charge in [-0.1, -0.05) is 30.3 Å². The van der Waals surface area contributed by atoms with Crippen LogP contribution >= 0.6 is 0 Å². The molecular weight excluding hydrogens is 320 g/mol. The molecule has 1 aromatic heterocycles. The summed E-state index contributed by atoms with van der Waals surface area (Å²) in [5.41, 5.74) is 1.48. The number of pyridine rings is 1. The van der Waals surface area contributed by atoms with E-state index in [1.165, 1.54) is 6.20 Å². The van der Waals surface area contributed by atoms with Gasteiger partial charge in [0.2, 0.25) is 5.88 Å². The molecule has 1 atom stereocenters. The van der Waals surface area contributed by atoms with Crippen molar-refractivity contribution in [3.8, 4) is 5.88 Å². The molecule has 3 rings (SSSR count). The van der Waals surface area contributed by atoms with Gasteiger partial charge in [0, 0.05) is 25.4 Å². The molecule has 2 aromatic rings. The summed E-state index contributed by atoms with van der Waals surface area (Å²) in [6.45, 7) is 1.24. The fourth-order valence-electron chi connectivity index (χ4n) is 2.87. The Bertz CT molecular complexity index is 731. The molecule has 0 bridgehead atoms. The molecule has 130 valence electrons. The number of aliphatic carboxylic acids is 1.